The highest BCUT2D eigenvalue weighted by Gasteiger charge is 2.32. The number of hydrazone groups is 1. The lowest BCUT2D eigenvalue weighted by Gasteiger charge is -2.10. The molecular weight excluding hydrogens is 444 g/mol. The summed E-state index contributed by atoms with van der Waals surface area (Å²) >= 11 is 11.1. The number of rotatable bonds is 4. The molecule has 1 amide bonds. The van der Waals surface area contributed by atoms with Gasteiger partial charge in [-0.3, -0.25) is 15.0 Å². The van der Waals surface area contributed by atoms with Gasteiger partial charge in [0.2, 0.25) is 5.91 Å². The molecule has 1 aromatic rings. The van der Waals surface area contributed by atoms with E-state index in [0.717, 1.165) is 16.6 Å². The number of carbonyl (C=O) groups is 2. The second kappa shape index (κ2) is 8.43. The Labute approximate surface area is 166 Å². The summed E-state index contributed by atoms with van der Waals surface area (Å²) in [7, 11) is 0. The monoisotopic (exact) mass is 456 g/mol. The van der Waals surface area contributed by atoms with Gasteiger partial charge in [-0.25, -0.2) is 4.99 Å². The van der Waals surface area contributed by atoms with Crippen molar-refractivity contribution in [3.05, 3.63) is 34.3 Å². The van der Waals surface area contributed by atoms with Gasteiger partial charge in [0.05, 0.1) is 5.25 Å². The lowest BCUT2D eigenvalue weighted by Crippen LogP contribution is -2.29. The van der Waals surface area contributed by atoms with E-state index in [1.54, 1.807) is 24.3 Å². The summed E-state index contributed by atoms with van der Waals surface area (Å²) < 4.78 is 1.48. The summed E-state index contributed by atoms with van der Waals surface area (Å²) in [6, 6.07) is 7.09. The van der Waals surface area contributed by atoms with Crippen LogP contribution in [-0.4, -0.2) is 38.0 Å². The highest BCUT2D eigenvalue weighted by Crippen LogP contribution is 2.24. The molecule has 25 heavy (non-hydrogen) atoms. The Kier molecular flexibility index (Phi) is 6.26. The van der Waals surface area contributed by atoms with E-state index in [-0.39, 0.29) is 18.1 Å². The minimum atomic E-state index is -0.485. The highest BCUT2D eigenvalue weighted by molar-refractivity contribution is 9.10. The second-order valence-corrected chi connectivity index (χ2v) is 9.02. The number of benzene rings is 1. The van der Waals surface area contributed by atoms with Gasteiger partial charge < -0.3 is 5.32 Å². The zero-order valence-electron chi connectivity index (χ0n) is 12.8. The van der Waals surface area contributed by atoms with Gasteiger partial charge in [-0.15, -0.1) is 5.10 Å². The van der Waals surface area contributed by atoms with Gasteiger partial charge in [0.1, 0.15) is 5.84 Å². The number of amidine groups is 2. The van der Waals surface area contributed by atoms with Crippen LogP contribution in [0.3, 0.4) is 0 Å². The average molecular weight is 457 g/mol. The van der Waals surface area contributed by atoms with Crippen LogP contribution in [-0.2, 0) is 4.79 Å². The molecule has 130 valence electrons. The van der Waals surface area contributed by atoms with Gasteiger partial charge in [-0.05, 0) is 12.1 Å². The van der Waals surface area contributed by atoms with Gasteiger partial charge in [0.15, 0.2) is 15.3 Å². The van der Waals surface area contributed by atoms with E-state index in [0.29, 0.717) is 20.9 Å². The standard InChI is InChI=1S/C15H13BrN4O2S3/c16-9-3-1-8(2-4-9)10(21)7-11-13(22)18-14(25-11)20-19-12-5-6-24-15(23)17-12/h1-4,11H,5-7H2,(H,17,19,23)(H,18,20,22). The molecule has 1 saturated heterocycles. The summed E-state index contributed by atoms with van der Waals surface area (Å²) in [5, 5.41) is 6.78. The van der Waals surface area contributed by atoms with E-state index in [2.05, 4.69) is 36.8 Å². The summed E-state index contributed by atoms with van der Waals surface area (Å²) in [5.74, 6) is 1.25. The molecule has 0 radical (unpaired) electrons. The van der Waals surface area contributed by atoms with Crippen molar-refractivity contribution in [3.63, 3.8) is 0 Å². The van der Waals surface area contributed by atoms with Gasteiger partial charge in [0.25, 0.3) is 0 Å². The van der Waals surface area contributed by atoms with Crippen molar-refractivity contribution in [1.82, 2.24) is 10.7 Å². The van der Waals surface area contributed by atoms with E-state index in [4.69, 9.17) is 12.2 Å². The summed E-state index contributed by atoms with van der Waals surface area (Å²) in [5.41, 5.74) is 3.42. The van der Waals surface area contributed by atoms with Crippen molar-refractivity contribution in [2.24, 2.45) is 10.1 Å². The SMILES string of the molecule is O=C(CC1S/C(=N/NC2=NC(=S)SCC2)NC1=O)c1ccc(Br)cc1. The minimum absolute atomic E-state index is 0.0756. The number of hydrogen-bond acceptors (Lipinski definition) is 7. The number of Topliss-reactive ketones (excluding diaryl/α,β-unsaturated/α-hetero) is 1. The number of nitrogens with one attached hydrogen (secondary N) is 2. The number of aliphatic imine (C=N–C) groups is 1. The Morgan fingerprint density at radius 1 is 1.44 bits per heavy atom. The van der Waals surface area contributed by atoms with Crippen LogP contribution in [0.1, 0.15) is 23.2 Å². The fraction of sp³-hybridized carbons (Fsp3) is 0.267. The Hall–Kier alpha value is -1.23. The summed E-state index contributed by atoms with van der Waals surface area (Å²) in [4.78, 5) is 28.5. The van der Waals surface area contributed by atoms with Crippen molar-refractivity contribution in [1.29, 1.82) is 0 Å². The molecule has 1 fully saturated rings. The minimum Gasteiger partial charge on any atom is -0.303 e. The molecule has 1 atom stereocenters. The molecule has 10 heteroatoms. The lowest BCUT2D eigenvalue weighted by molar-refractivity contribution is -0.118. The molecule has 0 saturated carbocycles. The number of thiocarbonyl (C=S) groups is 1. The first kappa shape index (κ1) is 18.6. The first-order valence-electron chi connectivity index (χ1n) is 7.35. The Bertz CT molecular complexity index is 779. The maximum atomic E-state index is 12.3. The van der Waals surface area contributed by atoms with Crippen LogP contribution in [0.5, 0.6) is 0 Å². The van der Waals surface area contributed by atoms with E-state index < -0.39 is 5.25 Å². The van der Waals surface area contributed by atoms with Crippen molar-refractivity contribution < 1.29 is 9.59 Å². The fourth-order valence-corrected chi connectivity index (χ4v) is 4.34. The zero-order chi connectivity index (χ0) is 17.8. The normalized spacial score (nSPS) is 21.9. The molecule has 2 N–H and O–H groups in total. The zero-order valence-corrected chi connectivity index (χ0v) is 16.9. The third-order valence-corrected chi connectivity index (χ3v) is 6.19. The highest BCUT2D eigenvalue weighted by atomic mass is 79.9. The number of hydrogen-bond donors (Lipinski definition) is 2. The van der Waals surface area contributed by atoms with Crippen LogP contribution < -0.4 is 10.7 Å². The van der Waals surface area contributed by atoms with Gasteiger partial charge in [0, 0.05) is 28.6 Å². The number of amides is 1. The van der Waals surface area contributed by atoms with Crippen LogP contribution in [0.25, 0.3) is 0 Å². The quantitative estimate of drug-likeness (QED) is 0.411. The van der Waals surface area contributed by atoms with Crippen molar-refractivity contribution in [2.45, 2.75) is 18.1 Å². The van der Waals surface area contributed by atoms with Crippen molar-refractivity contribution >= 4 is 78.7 Å². The smallest absolute Gasteiger partial charge is 0.240 e. The van der Waals surface area contributed by atoms with Gasteiger partial charge in [-0.1, -0.05) is 63.8 Å². The molecule has 0 aromatic heterocycles. The number of halogens is 1. The molecule has 3 rings (SSSR count). The van der Waals surface area contributed by atoms with E-state index in [1.165, 1.54) is 23.5 Å². The first-order chi connectivity index (χ1) is 12.0. The molecule has 0 spiro atoms. The average Bonchev–Trinajstić information content (AvgIpc) is 2.93. The summed E-state index contributed by atoms with van der Waals surface area (Å²) in [6.07, 6.45) is 0.866. The topological polar surface area (TPSA) is 82.9 Å². The van der Waals surface area contributed by atoms with Crippen molar-refractivity contribution in [2.75, 3.05) is 5.75 Å². The van der Waals surface area contributed by atoms with E-state index in [1.807, 2.05) is 0 Å². The van der Waals surface area contributed by atoms with Crippen LogP contribution in [0.2, 0.25) is 0 Å². The molecule has 2 aliphatic heterocycles. The first-order valence-corrected chi connectivity index (χ1v) is 10.4. The molecule has 0 bridgehead atoms. The second-order valence-electron chi connectivity index (χ2n) is 5.18. The number of thioether (sulfide) groups is 2. The molecule has 1 unspecified atom stereocenters. The van der Waals surface area contributed by atoms with E-state index in [9.17, 15) is 9.59 Å². The molecular formula is C15H13BrN4O2S3. The maximum Gasteiger partial charge on any atom is 0.240 e. The lowest BCUT2D eigenvalue weighted by atomic mass is 10.1. The predicted molar refractivity (Wildman–Crippen MR) is 110 cm³/mol. The Morgan fingerprint density at radius 3 is 2.92 bits per heavy atom. The molecule has 2 heterocycles. The third kappa shape index (κ3) is 5.13. The molecule has 0 aliphatic carbocycles. The van der Waals surface area contributed by atoms with Crippen LogP contribution >= 0.6 is 51.7 Å². The largest absolute Gasteiger partial charge is 0.303 e. The van der Waals surface area contributed by atoms with Gasteiger partial charge >= 0.3 is 0 Å². The fourth-order valence-electron chi connectivity index (χ4n) is 2.14. The van der Waals surface area contributed by atoms with Crippen LogP contribution in [0.4, 0.5) is 0 Å². The predicted octanol–water partition coefficient (Wildman–Crippen LogP) is 2.93. The molecule has 1 aromatic carbocycles. The van der Waals surface area contributed by atoms with E-state index >= 15 is 0 Å². The van der Waals surface area contributed by atoms with Crippen LogP contribution in [0.15, 0.2) is 38.8 Å². The summed E-state index contributed by atoms with van der Waals surface area (Å²) in [6.45, 7) is 0. The number of nitrogens with zero attached hydrogens (tertiary/aromatic N) is 2. The van der Waals surface area contributed by atoms with Crippen molar-refractivity contribution in [3.8, 4) is 0 Å². The number of ketones is 1. The molecule has 6 nitrogen and oxygen atoms in total. The third-order valence-electron chi connectivity index (χ3n) is 3.39. The molecule has 2 aliphatic rings. The number of carbonyl (C=O) groups excluding carboxylic acids is 2. The Morgan fingerprint density at radius 2 is 2.20 bits per heavy atom. The Balaban J connectivity index is 1.58. The maximum absolute atomic E-state index is 12.3. The van der Waals surface area contributed by atoms with Crippen LogP contribution in [0, 0.1) is 0 Å². The van der Waals surface area contributed by atoms with Gasteiger partial charge in [-0.2, -0.15) is 0 Å².